The van der Waals surface area contributed by atoms with Gasteiger partial charge in [-0.25, -0.2) is 9.78 Å². The van der Waals surface area contributed by atoms with Crippen LogP contribution in [0.3, 0.4) is 0 Å². The summed E-state index contributed by atoms with van der Waals surface area (Å²) in [6, 6.07) is 3.23. The summed E-state index contributed by atoms with van der Waals surface area (Å²) in [5, 5.41) is 8.91. The van der Waals surface area contributed by atoms with Crippen LogP contribution in [0.1, 0.15) is 10.4 Å². The highest BCUT2D eigenvalue weighted by molar-refractivity contribution is 5.96. The zero-order chi connectivity index (χ0) is 13.8. The van der Waals surface area contributed by atoms with Gasteiger partial charge in [-0.3, -0.25) is 4.79 Å². The number of carboxylic acids is 1. The second-order valence-corrected chi connectivity index (χ2v) is 4.01. The van der Waals surface area contributed by atoms with Crippen LogP contribution in [-0.2, 0) is 9.53 Å². The lowest BCUT2D eigenvalue weighted by Crippen LogP contribution is -2.48. The Kier molecular flexibility index (Phi) is 3.96. The molecule has 0 bridgehead atoms. The number of carbonyl (C=O) groups is 2. The first-order valence-electron chi connectivity index (χ1n) is 5.76. The molecule has 2 rings (SSSR count). The minimum absolute atomic E-state index is 0.0201. The maximum atomic E-state index is 12.3. The second-order valence-electron chi connectivity index (χ2n) is 4.01. The van der Waals surface area contributed by atoms with Crippen LogP contribution in [0.2, 0.25) is 0 Å². The number of hydrogen-bond donors (Lipinski definition) is 1. The van der Waals surface area contributed by atoms with E-state index in [1.165, 1.54) is 18.2 Å². The number of pyridine rings is 1. The van der Waals surface area contributed by atoms with Gasteiger partial charge in [-0.1, -0.05) is 0 Å². The molecule has 0 aliphatic carbocycles. The number of nitrogens with zero attached hydrogens (tertiary/aromatic N) is 2. The Morgan fingerprint density at radius 2 is 2.37 bits per heavy atom. The van der Waals surface area contributed by atoms with Crippen molar-refractivity contribution in [1.29, 1.82) is 0 Å². The Morgan fingerprint density at radius 1 is 1.58 bits per heavy atom. The van der Waals surface area contributed by atoms with E-state index in [9.17, 15) is 9.59 Å². The predicted octanol–water partition coefficient (Wildman–Crippen LogP) is 0.0158. The van der Waals surface area contributed by atoms with Gasteiger partial charge in [0.2, 0.25) is 5.88 Å². The fourth-order valence-corrected chi connectivity index (χ4v) is 1.87. The molecule has 0 aromatic carbocycles. The Hall–Kier alpha value is -2.15. The summed E-state index contributed by atoms with van der Waals surface area (Å²) in [5.41, 5.74) is 0.316. The molecule has 1 aliphatic rings. The summed E-state index contributed by atoms with van der Waals surface area (Å²) in [6.07, 6.45) is 0.537. The van der Waals surface area contributed by atoms with Crippen molar-refractivity contribution in [1.82, 2.24) is 9.88 Å². The summed E-state index contributed by atoms with van der Waals surface area (Å²) in [5.74, 6) is -1.15. The molecular formula is C12H14N2O5. The molecule has 102 valence electrons. The summed E-state index contributed by atoms with van der Waals surface area (Å²) in [7, 11) is 1.43. The third kappa shape index (κ3) is 2.82. The molecule has 1 fully saturated rings. The fraction of sp³-hybridized carbons (Fsp3) is 0.417. The first kappa shape index (κ1) is 13.3. The average molecular weight is 266 g/mol. The molecule has 1 amide bonds. The van der Waals surface area contributed by atoms with Gasteiger partial charge in [0, 0.05) is 12.7 Å². The minimum atomic E-state index is -1.07. The third-order valence-corrected chi connectivity index (χ3v) is 2.82. The molecule has 1 aliphatic heterocycles. The van der Waals surface area contributed by atoms with Crippen LogP contribution in [0.15, 0.2) is 18.3 Å². The number of hydrogen-bond acceptors (Lipinski definition) is 5. The zero-order valence-corrected chi connectivity index (χ0v) is 10.4. The average Bonchev–Trinajstić information content (AvgIpc) is 2.46. The molecule has 1 N–H and O–H groups in total. The number of aromatic nitrogens is 1. The van der Waals surface area contributed by atoms with E-state index in [1.807, 2.05) is 0 Å². The molecule has 1 atom stereocenters. The molecular weight excluding hydrogens is 252 g/mol. The van der Waals surface area contributed by atoms with Crippen molar-refractivity contribution in [3.05, 3.63) is 23.9 Å². The van der Waals surface area contributed by atoms with E-state index in [2.05, 4.69) is 4.98 Å². The van der Waals surface area contributed by atoms with E-state index < -0.39 is 12.1 Å². The monoisotopic (exact) mass is 266 g/mol. The quantitative estimate of drug-likeness (QED) is 0.829. The fourth-order valence-electron chi connectivity index (χ4n) is 1.87. The summed E-state index contributed by atoms with van der Waals surface area (Å²) < 4.78 is 10.1. The van der Waals surface area contributed by atoms with E-state index in [0.717, 1.165) is 0 Å². The van der Waals surface area contributed by atoms with Crippen molar-refractivity contribution in [3.8, 4) is 5.88 Å². The Morgan fingerprint density at radius 3 is 3.05 bits per heavy atom. The van der Waals surface area contributed by atoms with Crippen LogP contribution in [0.25, 0.3) is 0 Å². The zero-order valence-electron chi connectivity index (χ0n) is 10.4. The lowest BCUT2D eigenvalue weighted by molar-refractivity contribution is -0.154. The van der Waals surface area contributed by atoms with Crippen LogP contribution in [0, 0.1) is 0 Å². The first-order valence-corrected chi connectivity index (χ1v) is 5.76. The van der Waals surface area contributed by atoms with E-state index in [1.54, 1.807) is 12.1 Å². The maximum Gasteiger partial charge on any atom is 0.334 e. The Labute approximate surface area is 109 Å². The second kappa shape index (κ2) is 5.66. The number of morpholine rings is 1. The van der Waals surface area contributed by atoms with Crippen LogP contribution in [-0.4, -0.2) is 59.8 Å². The molecule has 1 aromatic heterocycles. The van der Waals surface area contributed by atoms with Gasteiger partial charge in [0.25, 0.3) is 5.91 Å². The van der Waals surface area contributed by atoms with Gasteiger partial charge in [-0.15, -0.1) is 0 Å². The molecule has 1 saturated heterocycles. The highest BCUT2D eigenvalue weighted by Gasteiger charge is 2.30. The first-order chi connectivity index (χ1) is 9.13. The Bertz CT molecular complexity index is 491. The standard InChI is InChI=1S/C12H14N2O5/c1-18-10-8(3-2-4-13-10)11(15)14-5-6-19-9(7-14)12(16)17/h2-4,9H,5-7H2,1H3,(H,16,17)/t9-/m1/s1. The molecule has 0 spiro atoms. The molecule has 19 heavy (non-hydrogen) atoms. The van der Waals surface area contributed by atoms with Gasteiger partial charge in [0.15, 0.2) is 6.10 Å². The molecule has 7 nitrogen and oxygen atoms in total. The number of methoxy groups -OCH3 is 1. The van der Waals surface area contributed by atoms with Crippen molar-refractivity contribution < 1.29 is 24.2 Å². The number of rotatable bonds is 3. The van der Waals surface area contributed by atoms with Crippen molar-refractivity contribution in [2.75, 3.05) is 26.8 Å². The topological polar surface area (TPSA) is 89.0 Å². The third-order valence-electron chi connectivity index (χ3n) is 2.82. The number of carboxylic acid groups (broad SMARTS) is 1. The van der Waals surface area contributed by atoms with E-state index in [0.29, 0.717) is 12.1 Å². The van der Waals surface area contributed by atoms with Crippen LogP contribution >= 0.6 is 0 Å². The van der Waals surface area contributed by atoms with Crippen molar-refractivity contribution in [2.24, 2.45) is 0 Å². The highest BCUT2D eigenvalue weighted by Crippen LogP contribution is 2.18. The smallest absolute Gasteiger partial charge is 0.334 e. The van der Waals surface area contributed by atoms with E-state index >= 15 is 0 Å². The van der Waals surface area contributed by atoms with Crippen LogP contribution < -0.4 is 4.74 Å². The van der Waals surface area contributed by atoms with Gasteiger partial charge in [-0.05, 0) is 12.1 Å². The van der Waals surface area contributed by atoms with Gasteiger partial charge in [0.1, 0.15) is 5.56 Å². The molecule has 0 radical (unpaired) electrons. The Balaban J connectivity index is 2.17. The number of ether oxygens (including phenoxy) is 2. The minimum Gasteiger partial charge on any atom is -0.480 e. The maximum absolute atomic E-state index is 12.3. The van der Waals surface area contributed by atoms with E-state index in [-0.39, 0.29) is 24.9 Å². The summed E-state index contributed by atoms with van der Waals surface area (Å²) >= 11 is 0. The summed E-state index contributed by atoms with van der Waals surface area (Å²) in [6.45, 7) is 0.568. The molecule has 7 heteroatoms. The number of aliphatic carboxylic acids is 1. The highest BCUT2D eigenvalue weighted by atomic mass is 16.5. The number of amides is 1. The van der Waals surface area contributed by atoms with Crippen molar-refractivity contribution >= 4 is 11.9 Å². The molecule has 0 saturated carbocycles. The van der Waals surface area contributed by atoms with Gasteiger partial charge in [0.05, 0.1) is 20.3 Å². The van der Waals surface area contributed by atoms with Crippen molar-refractivity contribution in [3.63, 3.8) is 0 Å². The number of carbonyl (C=O) groups excluding carboxylic acids is 1. The van der Waals surface area contributed by atoms with Crippen LogP contribution in [0.4, 0.5) is 0 Å². The van der Waals surface area contributed by atoms with Crippen molar-refractivity contribution in [2.45, 2.75) is 6.10 Å². The normalized spacial score (nSPS) is 19.0. The predicted molar refractivity (Wildman–Crippen MR) is 64.1 cm³/mol. The van der Waals surface area contributed by atoms with Crippen LogP contribution in [0.5, 0.6) is 5.88 Å². The van der Waals surface area contributed by atoms with E-state index in [4.69, 9.17) is 14.6 Å². The lowest BCUT2D eigenvalue weighted by Gasteiger charge is -2.31. The van der Waals surface area contributed by atoms with Gasteiger partial charge >= 0.3 is 5.97 Å². The molecule has 2 heterocycles. The largest absolute Gasteiger partial charge is 0.480 e. The summed E-state index contributed by atoms with van der Waals surface area (Å²) in [4.78, 5) is 28.6. The van der Waals surface area contributed by atoms with Gasteiger partial charge in [-0.2, -0.15) is 0 Å². The molecule has 1 aromatic rings. The molecule has 0 unspecified atom stereocenters. The van der Waals surface area contributed by atoms with Gasteiger partial charge < -0.3 is 19.5 Å². The lowest BCUT2D eigenvalue weighted by atomic mass is 10.2. The SMILES string of the molecule is COc1ncccc1C(=O)N1CCO[C@@H](C(=O)O)C1.